The number of hydrogen-bond donors (Lipinski definition) is 0. The van der Waals surface area contributed by atoms with Gasteiger partial charge in [0.05, 0.1) is 0 Å². The van der Waals surface area contributed by atoms with Crippen LogP contribution in [0.4, 0.5) is 0 Å². The lowest BCUT2D eigenvalue weighted by Crippen LogP contribution is -2.25. The zero-order valence-corrected chi connectivity index (χ0v) is 19.9. The summed E-state index contributed by atoms with van der Waals surface area (Å²) in [5, 5.41) is 1.28. The molecule has 1 aliphatic rings. The summed E-state index contributed by atoms with van der Waals surface area (Å²) >= 11 is 0. The molecule has 2 heteroatoms. The fourth-order valence-corrected chi connectivity index (χ4v) is 5.06. The van der Waals surface area contributed by atoms with Crippen LogP contribution in [-0.2, 0) is 18.3 Å². The normalized spacial score (nSPS) is 15.4. The van der Waals surface area contributed by atoms with Crippen LogP contribution < -0.4 is 0 Å². The number of benzene rings is 2. The molecule has 0 aliphatic heterocycles. The Morgan fingerprint density at radius 3 is 2.45 bits per heavy atom. The van der Waals surface area contributed by atoms with Crippen LogP contribution in [0.2, 0.25) is 0 Å². The molecule has 0 spiro atoms. The molecule has 1 saturated carbocycles. The molecular formula is C29H39NO. The predicted octanol–water partition coefficient (Wildman–Crippen LogP) is 7.98. The van der Waals surface area contributed by atoms with Gasteiger partial charge in [0.15, 0.2) is 0 Å². The van der Waals surface area contributed by atoms with Crippen LogP contribution in [0, 0.1) is 11.8 Å². The fraction of sp³-hybridized carbons (Fsp3) is 0.483. The van der Waals surface area contributed by atoms with Gasteiger partial charge in [0, 0.05) is 35.5 Å². The lowest BCUT2D eigenvalue weighted by molar-refractivity contribution is -0.128. The summed E-state index contributed by atoms with van der Waals surface area (Å²) in [4.78, 5) is 13.0. The Morgan fingerprint density at radius 1 is 1.00 bits per heavy atom. The van der Waals surface area contributed by atoms with E-state index in [1.165, 1.54) is 47.0 Å². The highest BCUT2D eigenvalue weighted by Gasteiger charge is 2.26. The zero-order chi connectivity index (χ0) is 22.2. The number of nitrogens with zero attached hydrogens (tertiary/aromatic N) is 1. The van der Waals surface area contributed by atoms with Crippen molar-refractivity contribution in [2.45, 2.75) is 72.1 Å². The molecule has 1 heterocycles. The number of carbonyl (C=O) groups is 1. The quantitative estimate of drug-likeness (QED) is 0.382. The Balaban J connectivity index is 0.00000132. The van der Waals surface area contributed by atoms with E-state index in [1.807, 2.05) is 13.8 Å². The van der Waals surface area contributed by atoms with Crippen molar-refractivity contribution in [1.82, 2.24) is 4.57 Å². The van der Waals surface area contributed by atoms with Crippen LogP contribution in [0.15, 0.2) is 54.6 Å². The molecule has 3 aromatic rings. The van der Waals surface area contributed by atoms with Gasteiger partial charge in [-0.05, 0) is 61.4 Å². The van der Waals surface area contributed by atoms with Gasteiger partial charge in [-0.3, -0.25) is 4.79 Å². The topological polar surface area (TPSA) is 22.0 Å². The Labute approximate surface area is 188 Å². The minimum Gasteiger partial charge on any atom is -0.344 e. The molecule has 2 aromatic carbocycles. The van der Waals surface area contributed by atoms with Crippen LogP contribution in [0.3, 0.4) is 0 Å². The third-order valence-corrected chi connectivity index (χ3v) is 6.86. The number of Topliss-reactive ketones (excluding diaryl/α,β-unsaturated/α-hetero) is 1. The first kappa shape index (κ1) is 23.3. The fourth-order valence-electron chi connectivity index (χ4n) is 5.06. The molecule has 0 bridgehead atoms. The van der Waals surface area contributed by atoms with Crippen molar-refractivity contribution in [2.24, 2.45) is 18.9 Å². The van der Waals surface area contributed by atoms with E-state index in [1.54, 1.807) is 0 Å². The van der Waals surface area contributed by atoms with E-state index < -0.39 is 0 Å². The standard InChI is InChI=1S/C27H33NO.C2H6/c1-3-21(27(29)22-11-5-4-6-12-22)17-16-20-10-9-14-23(18-20)26-19-24-13-7-8-15-25(24)28(26)2;1-2/h7-10,13-15,18-19,21-22H,3-6,11-12,16-17H2,1-2H3;1-2H3. The molecule has 1 unspecified atom stereocenters. The summed E-state index contributed by atoms with van der Waals surface area (Å²) < 4.78 is 2.27. The lowest BCUT2D eigenvalue weighted by Gasteiger charge is -2.24. The molecule has 1 aliphatic carbocycles. The van der Waals surface area contributed by atoms with Gasteiger partial charge in [0.25, 0.3) is 0 Å². The molecule has 0 saturated heterocycles. The van der Waals surface area contributed by atoms with Gasteiger partial charge in [-0.25, -0.2) is 0 Å². The second kappa shape index (κ2) is 11.3. The highest BCUT2D eigenvalue weighted by Crippen LogP contribution is 2.31. The van der Waals surface area contributed by atoms with Gasteiger partial charge in [-0.15, -0.1) is 0 Å². The van der Waals surface area contributed by atoms with Crippen LogP contribution in [0.5, 0.6) is 0 Å². The number of para-hydroxylation sites is 1. The van der Waals surface area contributed by atoms with E-state index in [0.717, 1.165) is 32.1 Å². The van der Waals surface area contributed by atoms with E-state index in [4.69, 9.17) is 0 Å². The lowest BCUT2D eigenvalue weighted by atomic mass is 9.79. The van der Waals surface area contributed by atoms with Gasteiger partial charge in [-0.1, -0.05) is 76.4 Å². The molecule has 0 radical (unpaired) electrons. The molecule has 0 amide bonds. The largest absolute Gasteiger partial charge is 0.344 e. The molecule has 4 rings (SSSR count). The number of hydrogen-bond acceptors (Lipinski definition) is 1. The molecular weight excluding hydrogens is 378 g/mol. The Morgan fingerprint density at radius 2 is 1.74 bits per heavy atom. The molecule has 166 valence electrons. The van der Waals surface area contributed by atoms with E-state index in [2.05, 4.69) is 73.1 Å². The van der Waals surface area contributed by atoms with Crippen molar-refractivity contribution < 1.29 is 4.79 Å². The van der Waals surface area contributed by atoms with Crippen molar-refractivity contribution in [1.29, 1.82) is 0 Å². The minimum absolute atomic E-state index is 0.222. The van der Waals surface area contributed by atoms with Crippen LogP contribution in [-0.4, -0.2) is 10.4 Å². The number of fused-ring (bicyclic) bond motifs is 1. The SMILES string of the molecule is CC.CCC(CCc1cccc(-c2cc3ccccc3n2C)c1)C(=O)C1CCCCC1. The summed E-state index contributed by atoms with van der Waals surface area (Å²) in [5.74, 6) is 1.09. The van der Waals surface area contributed by atoms with Crippen molar-refractivity contribution in [2.75, 3.05) is 0 Å². The average molecular weight is 418 g/mol. The summed E-state index contributed by atoms with van der Waals surface area (Å²) in [6.45, 7) is 6.18. The van der Waals surface area contributed by atoms with E-state index >= 15 is 0 Å². The van der Waals surface area contributed by atoms with Crippen LogP contribution >= 0.6 is 0 Å². The first-order valence-electron chi connectivity index (χ1n) is 12.3. The van der Waals surface area contributed by atoms with Gasteiger partial charge in [0.1, 0.15) is 5.78 Å². The third kappa shape index (κ3) is 5.47. The number of rotatable bonds is 7. The number of aryl methyl sites for hydroxylation is 2. The number of aromatic nitrogens is 1. The molecule has 2 nitrogen and oxygen atoms in total. The Hall–Kier alpha value is -2.35. The summed E-state index contributed by atoms with van der Waals surface area (Å²) in [6, 6.07) is 19.7. The predicted molar refractivity (Wildman–Crippen MR) is 133 cm³/mol. The highest BCUT2D eigenvalue weighted by molar-refractivity contribution is 5.87. The Kier molecular flexibility index (Phi) is 8.51. The van der Waals surface area contributed by atoms with Crippen LogP contribution in [0.25, 0.3) is 22.2 Å². The number of carbonyl (C=O) groups excluding carboxylic acids is 1. The minimum atomic E-state index is 0.222. The first-order chi connectivity index (χ1) is 15.2. The van der Waals surface area contributed by atoms with Crippen molar-refractivity contribution in [3.05, 3.63) is 60.2 Å². The van der Waals surface area contributed by atoms with Gasteiger partial charge in [0.2, 0.25) is 0 Å². The average Bonchev–Trinajstić information content (AvgIpc) is 3.18. The van der Waals surface area contributed by atoms with E-state index in [-0.39, 0.29) is 5.92 Å². The first-order valence-corrected chi connectivity index (χ1v) is 12.3. The monoisotopic (exact) mass is 417 g/mol. The van der Waals surface area contributed by atoms with Crippen LogP contribution in [0.1, 0.15) is 71.3 Å². The van der Waals surface area contributed by atoms with Crippen molar-refractivity contribution in [3.8, 4) is 11.3 Å². The Bertz CT molecular complexity index is 977. The highest BCUT2D eigenvalue weighted by atomic mass is 16.1. The molecule has 31 heavy (non-hydrogen) atoms. The summed E-state index contributed by atoms with van der Waals surface area (Å²) in [7, 11) is 2.14. The van der Waals surface area contributed by atoms with Crippen molar-refractivity contribution >= 4 is 16.7 Å². The molecule has 1 aromatic heterocycles. The zero-order valence-electron chi connectivity index (χ0n) is 19.9. The molecule has 0 N–H and O–H groups in total. The maximum Gasteiger partial charge on any atom is 0.139 e. The van der Waals surface area contributed by atoms with Gasteiger partial charge < -0.3 is 4.57 Å². The molecule has 1 fully saturated rings. The molecule has 1 atom stereocenters. The van der Waals surface area contributed by atoms with Gasteiger partial charge >= 0.3 is 0 Å². The second-order valence-corrected chi connectivity index (χ2v) is 8.73. The van der Waals surface area contributed by atoms with E-state index in [9.17, 15) is 4.79 Å². The summed E-state index contributed by atoms with van der Waals surface area (Å²) in [5.41, 5.74) is 5.10. The number of ketones is 1. The van der Waals surface area contributed by atoms with E-state index in [0.29, 0.717) is 11.7 Å². The third-order valence-electron chi connectivity index (χ3n) is 6.86. The maximum atomic E-state index is 13.0. The maximum absolute atomic E-state index is 13.0. The smallest absolute Gasteiger partial charge is 0.139 e. The van der Waals surface area contributed by atoms with Crippen molar-refractivity contribution in [3.63, 3.8) is 0 Å². The van der Waals surface area contributed by atoms with Gasteiger partial charge in [-0.2, -0.15) is 0 Å². The second-order valence-electron chi connectivity index (χ2n) is 8.73. The summed E-state index contributed by atoms with van der Waals surface area (Å²) in [6.07, 6.45) is 8.94.